The van der Waals surface area contributed by atoms with E-state index in [9.17, 15) is 16.8 Å². The van der Waals surface area contributed by atoms with Gasteiger partial charge in [-0.3, -0.25) is 9.11 Å². The molecule has 8 nitrogen and oxygen atoms in total. The molecule has 156 valence electrons. The SMILES string of the molecule is C1COCCO1.Cc1ccc(S(=O)(=O)O)cc1.Cc1ccc(S(=O)(=O)O)cc1. The first-order valence-electron chi connectivity index (χ1n) is 8.24. The lowest BCUT2D eigenvalue weighted by Gasteiger charge is -2.09. The van der Waals surface area contributed by atoms with E-state index in [0.717, 1.165) is 37.6 Å². The molecule has 2 aromatic rings. The van der Waals surface area contributed by atoms with Crippen LogP contribution in [0.3, 0.4) is 0 Å². The maximum absolute atomic E-state index is 10.5. The van der Waals surface area contributed by atoms with Crippen LogP contribution >= 0.6 is 0 Å². The fourth-order valence-electron chi connectivity index (χ4n) is 1.86. The summed E-state index contributed by atoms with van der Waals surface area (Å²) in [5.74, 6) is 0. The van der Waals surface area contributed by atoms with Crippen LogP contribution in [0.1, 0.15) is 11.1 Å². The molecular formula is C18H24O8S2. The van der Waals surface area contributed by atoms with Crippen molar-refractivity contribution < 1.29 is 35.4 Å². The van der Waals surface area contributed by atoms with Crippen molar-refractivity contribution in [3.63, 3.8) is 0 Å². The molecule has 0 aromatic heterocycles. The third kappa shape index (κ3) is 9.93. The van der Waals surface area contributed by atoms with Gasteiger partial charge >= 0.3 is 0 Å². The second kappa shape index (κ2) is 11.2. The molecule has 0 radical (unpaired) electrons. The Kier molecular flexibility index (Phi) is 9.73. The van der Waals surface area contributed by atoms with E-state index in [1.807, 2.05) is 13.8 Å². The molecule has 1 aliphatic rings. The van der Waals surface area contributed by atoms with Gasteiger partial charge in [-0.05, 0) is 38.1 Å². The molecule has 10 heteroatoms. The third-order valence-electron chi connectivity index (χ3n) is 3.38. The van der Waals surface area contributed by atoms with Gasteiger partial charge in [0, 0.05) is 0 Å². The van der Waals surface area contributed by atoms with Crippen LogP contribution in [0.25, 0.3) is 0 Å². The van der Waals surface area contributed by atoms with Gasteiger partial charge in [0.25, 0.3) is 20.2 Å². The molecule has 0 atom stereocenters. The predicted molar refractivity (Wildman–Crippen MR) is 104 cm³/mol. The van der Waals surface area contributed by atoms with Gasteiger partial charge in [0.15, 0.2) is 0 Å². The van der Waals surface area contributed by atoms with Gasteiger partial charge in [0.1, 0.15) is 0 Å². The summed E-state index contributed by atoms with van der Waals surface area (Å²) in [6.45, 7) is 6.79. The zero-order valence-electron chi connectivity index (χ0n) is 15.6. The molecular weight excluding hydrogens is 408 g/mol. The van der Waals surface area contributed by atoms with Crippen molar-refractivity contribution in [2.24, 2.45) is 0 Å². The normalized spacial score (nSPS) is 14.1. The lowest BCUT2D eigenvalue weighted by molar-refractivity contribution is -0.0334. The molecule has 28 heavy (non-hydrogen) atoms. The van der Waals surface area contributed by atoms with Gasteiger partial charge in [-0.25, -0.2) is 0 Å². The molecule has 1 aliphatic heterocycles. The Morgan fingerprint density at radius 2 is 0.857 bits per heavy atom. The summed E-state index contributed by atoms with van der Waals surface area (Å²) in [6, 6.07) is 12.0. The van der Waals surface area contributed by atoms with Crippen LogP contribution in [0.4, 0.5) is 0 Å². The highest BCUT2D eigenvalue weighted by Crippen LogP contribution is 2.09. The topological polar surface area (TPSA) is 127 Å². The van der Waals surface area contributed by atoms with Gasteiger partial charge in [-0.1, -0.05) is 35.4 Å². The van der Waals surface area contributed by atoms with E-state index in [0.29, 0.717) is 0 Å². The number of benzene rings is 2. The Balaban J connectivity index is 0.000000219. The molecule has 1 saturated heterocycles. The molecule has 2 aromatic carbocycles. The molecule has 0 spiro atoms. The summed E-state index contributed by atoms with van der Waals surface area (Å²) in [4.78, 5) is -0.133. The van der Waals surface area contributed by atoms with Crippen LogP contribution < -0.4 is 0 Å². The molecule has 0 unspecified atom stereocenters. The van der Waals surface area contributed by atoms with E-state index in [4.69, 9.17) is 18.6 Å². The molecule has 0 saturated carbocycles. The van der Waals surface area contributed by atoms with Gasteiger partial charge in [0.05, 0.1) is 36.2 Å². The van der Waals surface area contributed by atoms with Crippen LogP contribution in [-0.4, -0.2) is 52.4 Å². The van der Waals surface area contributed by atoms with E-state index >= 15 is 0 Å². The summed E-state index contributed by atoms with van der Waals surface area (Å²) in [5.41, 5.74) is 1.91. The highest BCUT2D eigenvalue weighted by Gasteiger charge is 2.07. The zero-order chi connectivity index (χ0) is 21.2. The number of hydrogen-bond acceptors (Lipinski definition) is 6. The molecule has 2 N–H and O–H groups in total. The Bertz CT molecular complexity index is 830. The number of aryl methyl sites for hydroxylation is 2. The molecule has 0 amide bonds. The van der Waals surface area contributed by atoms with E-state index in [2.05, 4.69) is 0 Å². The fraction of sp³-hybridized carbons (Fsp3) is 0.333. The highest BCUT2D eigenvalue weighted by atomic mass is 32.2. The van der Waals surface area contributed by atoms with E-state index in [-0.39, 0.29) is 9.79 Å². The number of ether oxygens (including phenoxy) is 2. The third-order valence-corrected chi connectivity index (χ3v) is 5.12. The van der Waals surface area contributed by atoms with Crippen molar-refractivity contribution in [3.8, 4) is 0 Å². The minimum atomic E-state index is -4.02. The van der Waals surface area contributed by atoms with E-state index < -0.39 is 20.2 Å². The molecule has 0 bridgehead atoms. The van der Waals surface area contributed by atoms with Crippen molar-refractivity contribution in [1.29, 1.82) is 0 Å². The first-order chi connectivity index (χ1) is 13.0. The Morgan fingerprint density at radius 3 is 1.04 bits per heavy atom. The first-order valence-corrected chi connectivity index (χ1v) is 11.1. The summed E-state index contributed by atoms with van der Waals surface area (Å²) in [6.07, 6.45) is 0. The average Bonchev–Trinajstić information content (AvgIpc) is 2.63. The van der Waals surface area contributed by atoms with Crippen LogP contribution in [0.2, 0.25) is 0 Å². The van der Waals surface area contributed by atoms with Gasteiger partial charge in [0.2, 0.25) is 0 Å². The fourth-order valence-corrected chi connectivity index (χ4v) is 2.82. The zero-order valence-corrected chi connectivity index (χ0v) is 17.2. The van der Waals surface area contributed by atoms with Crippen molar-refractivity contribution >= 4 is 20.2 Å². The minimum Gasteiger partial charge on any atom is -0.377 e. The highest BCUT2D eigenvalue weighted by molar-refractivity contribution is 7.86. The van der Waals surface area contributed by atoms with Crippen molar-refractivity contribution in [2.75, 3.05) is 26.4 Å². The minimum absolute atomic E-state index is 0.0666. The van der Waals surface area contributed by atoms with Crippen LogP contribution in [0.5, 0.6) is 0 Å². The summed E-state index contributed by atoms with van der Waals surface area (Å²) in [5, 5.41) is 0. The standard InChI is InChI=1S/2C7H8O3S.C4H8O2/c2*1-6-2-4-7(5-3-6)11(8,9)10;1-2-6-4-3-5-1/h2*2-5H,1H3,(H,8,9,10);1-4H2. The van der Waals surface area contributed by atoms with Crippen LogP contribution in [-0.2, 0) is 29.7 Å². The maximum atomic E-state index is 10.5. The van der Waals surface area contributed by atoms with Crippen molar-refractivity contribution in [3.05, 3.63) is 59.7 Å². The molecule has 1 heterocycles. The number of hydrogen-bond donors (Lipinski definition) is 2. The molecule has 0 aliphatic carbocycles. The van der Waals surface area contributed by atoms with Crippen LogP contribution in [0, 0.1) is 13.8 Å². The lowest BCUT2D eigenvalue weighted by Crippen LogP contribution is -2.16. The van der Waals surface area contributed by atoms with E-state index in [1.165, 1.54) is 24.3 Å². The van der Waals surface area contributed by atoms with Crippen LogP contribution in [0.15, 0.2) is 58.3 Å². The number of rotatable bonds is 2. The largest absolute Gasteiger partial charge is 0.377 e. The quantitative estimate of drug-likeness (QED) is 0.693. The molecule has 1 fully saturated rings. The van der Waals surface area contributed by atoms with Gasteiger partial charge in [-0.15, -0.1) is 0 Å². The van der Waals surface area contributed by atoms with Gasteiger partial charge in [-0.2, -0.15) is 16.8 Å². The van der Waals surface area contributed by atoms with Crippen molar-refractivity contribution in [1.82, 2.24) is 0 Å². The second-order valence-electron chi connectivity index (χ2n) is 5.80. The summed E-state index contributed by atoms with van der Waals surface area (Å²) in [7, 11) is -8.04. The summed E-state index contributed by atoms with van der Waals surface area (Å²) >= 11 is 0. The first kappa shape index (κ1) is 24.2. The smallest absolute Gasteiger partial charge is 0.294 e. The van der Waals surface area contributed by atoms with Crippen molar-refractivity contribution in [2.45, 2.75) is 23.6 Å². The van der Waals surface area contributed by atoms with Gasteiger partial charge < -0.3 is 9.47 Å². The maximum Gasteiger partial charge on any atom is 0.294 e. The Hall–Kier alpha value is -1.82. The summed E-state index contributed by atoms with van der Waals surface area (Å²) < 4.78 is 69.0. The average molecular weight is 433 g/mol. The Morgan fingerprint density at radius 1 is 0.607 bits per heavy atom. The Labute approximate surface area is 165 Å². The van der Waals surface area contributed by atoms with E-state index in [1.54, 1.807) is 24.3 Å². The monoisotopic (exact) mass is 432 g/mol. The second-order valence-corrected chi connectivity index (χ2v) is 8.64. The lowest BCUT2D eigenvalue weighted by atomic mass is 10.2. The molecule has 3 rings (SSSR count). The predicted octanol–water partition coefficient (Wildman–Crippen LogP) is 2.52.